The number of aryl methyl sites for hydroxylation is 1. The fourth-order valence-corrected chi connectivity index (χ4v) is 2.63. The molecule has 0 saturated carbocycles. The number of carboxylic acids is 1. The Hall–Kier alpha value is -3.42. The van der Waals surface area contributed by atoms with Crippen molar-refractivity contribution in [1.82, 2.24) is 9.97 Å². The minimum absolute atomic E-state index is 0.0920. The molecule has 0 radical (unpaired) electrons. The van der Waals surface area contributed by atoms with Gasteiger partial charge in [0.2, 0.25) is 5.95 Å². The number of hydrogen-bond acceptors (Lipinski definition) is 6. The van der Waals surface area contributed by atoms with E-state index in [4.69, 9.17) is 10.8 Å². The van der Waals surface area contributed by atoms with Gasteiger partial charge in [-0.05, 0) is 49.6 Å². The number of nitrogens with one attached hydrogen (secondary N) is 2. The SMILES string of the molecule is Nc1nc2c(c(=O)[nH]1)N=C(CNc1ccc(C(=O)O)cc1)/C=C/CCC2. The second kappa shape index (κ2) is 7.64. The molecule has 1 aliphatic rings. The van der Waals surface area contributed by atoms with Gasteiger partial charge in [0.25, 0.3) is 5.56 Å². The number of nitrogen functional groups attached to an aromatic ring is 1. The van der Waals surface area contributed by atoms with Crippen molar-refractivity contribution in [3.63, 3.8) is 0 Å². The summed E-state index contributed by atoms with van der Waals surface area (Å²) < 4.78 is 0. The van der Waals surface area contributed by atoms with Crippen LogP contribution in [0.4, 0.5) is 17.3 Å². The second-order valence-corrected chi connectivity index (χ2v) is 5.88. The van der Waals surface area contributed by atoms with Crippen LogP contribution in [0.3, 0.4) is 0 Å². The summed E-state index contributed by atoms with van der Waals surface area (Å²) in [6.07, 6.45) is 6.22. The average Bonchev–Trinajstić information content (AvgIpc) is 2.71. The summed E-state index contributed by atoms with van der Waals surface area (Å²) in [4.78, 5) is 34.3. The molecule has 0 unspecified atom stereocenters. The van der Waals surface area contributed by atoms with E-state index < -0.39 is 5.97 Å². The highest BCUT2D eigenvalue weighted by Crippen LogP contribution is 2.18. The summed E-state index contributed by atoms with van der Waals surface area (Å²) in [6.45, 7) is 0.381. The van der Waals surface area contributed by atoms with E-state index in [0.717, 1.165) is 18.5 Å². The third-order valence-corrected chi connectivity index (χ3v) is 3.94. The summed E-state index contributed by atoms with van der Waals surface area (Å²) in [5, 5.41) is 12.1. The molecule has 0 aliphatic carbocycles. The Bertz CT molecular complexity index is 929. The summed E-state index contributed by atoms with van der Waals surface area (Å²) >= 11 is 0. The molecule has 26 heavy (non-hydrogen) atoms. The number of carbonyl (C=O) groups is 1. The molecule has 0 bridgehead atoms. The van der Waals surface area contributed by atoms with Crippen molar-refractivity contribution in [3.8, 4) is 0 Å². The average molecular weight is 353 g/mol. The van der Waals surface area contributed by atoms with E-state index >= 15 is 0 Å². The van der Waals surface area contributed by atoms with E-state index in [-0.39, 0.29) is 22.8 Å². The minimum atomic E-state index is -0.970. The molecular formula is C18H19N5O3. The first kappa shape index (κ1) is 17.4. The number of aromatic nitrogens is 2. The number of carboxylic acid groups (broad SMARTS) is 1. The van der Waals surface area contributed by atoms with Crippen molar-refractivity contribution < 1.29 is 9.90 Å². The van der Waals surface area contributed by atoms with Gasteiger partial charge in [0, 0.05) is 5.69 Å². The normalized spacial score (nSPS) is 15.0. The van der Waals surface area contributed by atoms with Crippen LogP contribution in [0.5, 0.6) is 0 Å². The van der Waals surface area contributed by atoms with Gasteiger partial charge in [-0.15, -0.1) is 0 Å². The predicted molar refractivity (Wildman–Crippen MR) is 100 cm³/mol. The number of anilines is 2. The lowest BCUT2D eigenvalue weighted by Crippen LogP contribution is -2.16. The minimum Gasteiger partial charge on any atom is -0.478 e. The first-order valence-electron chi connectivity index (χ1n) is 8.23. The maximum atomic E-state index is 12.2. The molecule has 1 aromatic carbocycles. The zero-order chi connectivity index (χ0) is 18.5. The van der Waals surface area contributed by atoms with E-state index in [2.05, 4.69) is 20.3 Å². The molecule has 0 fully saturated rings. The molecule has 0 amide bonds. The van der Waals surface area contributed by atoms with E-state index in [1.165, 1.54) is 12.1 Å². The summed E-state index contributed by atoms with van der Waals surface area (Å²) in [7, 11) is 0. The summed E-state index contributed by atoms with van der Waals surface area (Å²) in [5.41, 5.74) is 7.81. The fraction of sp³-hybridized carbons (Fsp3) is 0.222. The first-order valence-corrected chi connectivity index (χ1v) is 8.23. The van der Waals surface area contributed by atoms with Crippen molar-refractivity contribution in [2.45, 2.75) is 19.3 Å². The standard InChI is InChI=1S/C18H19N5O3/c19-18-22-14-5-3-1-2-4-13(21-15(14)16(24)23-18)10-20-12-8-6-11(7-9-12)17(25)26/h2,4,6-9,20H,1,3,5,10H2,(H,25,26)(H3,19,22,23,24)/b4-2+,21-13?. The maximum absolute atomic E-state index is 12.2. The van der Waals surface area contributed by atoms with Crippen molar-refractivity contribution in [3.05, 3.63) is 58.0 Å². The zero-order valence-electron chi connectivity index (χ0n) is 14.0. The third kappa shape index (κ3) is 4.15. The van der Waals surface area contributed by atoms with Crippen LogP contribution in [-0.2, 0) is 6.42 Å². The van der Waals surface area contributed by atoms with Gasteiger partial charge >= 0.3 is 5.97 Å². The van der Waals surface area contributed by atoms with E-state index in [9.17, 15) is 9.59 Å². The molecule has 0 spiro atoms. The topological polar surface area (TPSA) is 133 Å². The van der Waals surface area contributed by atoms with E-state index in [1.54, 1.807) is 12.1 Å². The molecule has 0 atom stereocenters. The van der Waals surface area contributed by atoms with Crippen LogP contribution in [0.2, 0.25) is 0 Å². The van der Waals surface area contributed by atoms with E-state index in [1.807, 2.05) is 12.2 Å². The fourth-order valence-electron chi connectivity index (χ4n) is 2.63. The lowest BCUT2D eigenvalue weighted by Gasteiger charge is -2.08. The molecule has 8 nitrogen and oxygen atoms in total. The highest BCUT2D eigenvalue weighted by molar-refractivity contribution is 6.00. The maximum Gasteiger partial charge on any atom is 0.335 e. The van der Waals surface area contributed by atoms with E-state index in [0.29, 0.717) is 24.4 Å². The number of nitrogens with two attached hydrogens (primary N) is 1. The van der Waals surface area contributed by atoms with Crippen LogP contribution >= 0.6 is 0 Å². The van der Waals surface area contributed by atoms with Crippen molar-refractivity contribution >= 4 is 29.0 Å². The Morgan fingerprint density at radius 3 is 2.81 bits per heavy atom. The van der Waals surface area contributed by atoms with Crippen LogP contribution in [0, 0.1) is 0 Å². The van der Waals surface area contributed by atoms with Crippen molar-refractivity contribution in [1.29, 1.82) is 0 Å². The number of rotatable bonds is 4. The number of aliphatic imine (C=N–C) groups is 1. The predicted octanol–water partition coefficient (Wildman–Crippen LogP) is 2.13. The quantitative estimate of drug-likeness (QED) is 0.665. The van der Waals surface area contributed by atoms with Crippen molar-refractivity contribution in [2.75, 3.05) is 17.6 Å². The van der Waals surface area contributed by atoms with Crippen LogP contribution < -0.4 is 16.6 Å². The van der Waals surface area contributed by atoms with Gasteiger partial charge in [0.1, 0.15) is 0 Å². The monoisotopic (exact) mass is 353 g/mol. The van der Waals surface area contributed by atoms with Gasteiger partial charge in [0.05, 0.1) is 23.5 Å². The van der Waals surface area contributed by atoms with Gasteiger partial charge in [0.15, 0.2) is 5.69 Å². The number of aromatic amines is 1. The van der Waals surface area contributed by atoms with Crippen LogP contribution in [0.15, 0.2) is 46.2 Å². The molecule has 2 heterocycles. The number of H-pyrrole nitrogens is 1. The third-order valence-electron chi connectivity index (χ3n) is 3.94. The lowest BCUT2D eigenvalue weighted by molar-refractivity contribution is 0.0697. The number of allylic oxidation sites excluding steroid dienone is 1. The largest absolute Gasteiger partial charge is 0.478 e. The Balaban J connectivity index is 1.84. The van der Waals surface area contributed by atoms with Crippen LogP contribution in [0.1, 0.15) is 28.9 Å². The molecule has 3 rings (SSSR count). The molecule has 8 heteroatoms. The van der Waals surface area contributed by atoms with Crippen LogP contribution in [-0.4, -0.2) is 33.3 Å². The van der Waals surface area contributed by atoms with Gasteiger partial charge in [-0.3, -0.25) is 9.78 Å². The summed E-state index contributed by atoms with van der Waals surface area (Å²) in [6, 6.07) is 6.42. The van der Waals surface area contributed by atoms with Gasteiger partial charge in [-0.2, -0.15) is 0 Å². The number of nitrogens with zero attached hydrogens (tertiary/aromatic N) is 2. The molecule has 1 aromatic heterocycles. The van der Waals surface area contributed by atoms with Gasteiger partial charge in [-0.25, -0.2) is 14.8 Å². The molecule has 5 N–H and O–H groups in total. The number of benzene rings is 1. The molecule has 1 aliphatic heterocycles. The number of fused-ring (bicyclic) bond motifs is 1. The lowest BCUT2D eigenvalue weighted by atomic mass is 10.1. The first-order chi connectivity index (χ1) is 12.5. The number of hydrogen-bond donors (Lipinski definition) is 4. The highest BCUT2D eigenvalue weighted by atomic mass is 16.4. The Labute approximate surface area is 149 Å². The zero-order valence-corrected chi connectivity index (χ0v) is 14.0. The van der Waals surface area contributed by atoms with Gasteiger partial charge < -0.3 is 16.2 Å². The second-order valence-electron chi connectivity index (χ2n) is 5.88. The smallest absolute Gasteiger partial charge is 0.335 e. The van der Waals surface area contributed by atoms with Crippen LogP contribution in [0.25, 0.3) is 0 Å². The molecule has 2 aromatic rings. The Morgan fingerprint density at radius 2 is 2.08 bits per heavy atom. The highest BCUT2D eigenvalue weighted by Gasteiger charge is 2.12. The van der Waals surface area contributed by atoms with Gasteiger partial charge in [-0.1, -0.05) is 6.08 Å². The molecular weight excluding hydrogens is 334 g/mol. The molecule has 134 valence electrons. The van der Waals surface area contributed by atoms with Crippen molar-refractivity contribution in [2.24, 2.45) is 4.99 Å². The Morgan fingerprint density at radius 1 is 1.31 bits per heavy atom. The molecule has 0 saturated heterocycles. The summed E-state index contributed by atoms with van der Waals surface area (Å²) in [5.74, 6) is -0.878. The Kier molecular flexibility index (Phi) is 5.12. The number of aromatic carboxylic acids is 1.